The van der Waals surface area contributed by atoms with Crippen LogP contribution in [0.5, 0.6) is 0 Å². The minimum atomic E-state index is -1.29. The molecule has 1 aliphatic rings. The summed E-state index contributed by atoms with van der Waals surface area (Å²) in [5, 5.41) is 0. The van der Waals surface area contributed by atoms with Crippen molar-refractivity contribution in [1.82, 2.24) is 0 Å². The van der Waals surface area contributed by atoms with E-state index in [2.05, 4.69) is 40.2 Å². The second-order valence-corrected chi connectivity index (χ2v) is 11.1. The van der Waals surface area contributed by atoms with Gasteiger partial charge in [-0.2, -0.15) is 0 Å². The van der Waals surface area contributed by atoms with Gasteiger partial charge in [-0.3, -0.25) is 0 Å². The van der Waals surface area contributed by atoms with E-state index in [0.717, 1.165) is 0 Å². The Morgan fingerprint density at radius 3 is 2.55 bits per heavy atom. The van der Waals surface area contributed by atoms with E-state index in [4.69, 9.17) is 0 Å². The molecule has 0 spiro atoms. The monoisotopic (exact) mass is 246 g/mol. The van der Waals surface area contributed by atoms with Crippen LogP contribution in [0.1, 0.15) is 6.42 Å². The number of hydrogen-bond acceptors (Lipinski definition) is 0. The Morgan fingerprint density at radius 1 is 1.09 bits per heavy atom. The van der Waals surface area contributed by atoms with Gasteiger partial charge < -0.3 is 0 Å². The number of allylic oxidation sites excluding steroid dienone is 1. The summed E-state index contributed by atoms with van der Waals surface area (Å²) in [5.74, 6) is 0. The van der Waals surface area contributed by atoms with Gasteiger partial charge in [0.2, 0.25) is 0 Å². The Bertz CT molecular complexity index is 251. The Kier molecular flexibility index (Phi) is 2.37. The molecule has 1 aromatic rings. The van der Waals surface area contributed by atoms with Crippen LogP contribution in [0.2, 0.25) is 4.18 Å². The minimum absolute atomic E-state index is 1.29. The summed E-state index contributed by atoms with van der Waals surface area (Å²) in [5.41, 5.74) is 0. The molecule has 1 heterocycles. The summed E-state index contributed by atoms with van der Waals surface area (Å²) in [6.07, 6.45) is 3.71. The molecule has 1 heteroatoms. The fraction of sp³-hybridized carbons (Fsp3) is 0.200. The van der Waals surface area contributed by atoms with Gasteiger partial charge in [0.1, 0.15) is 0 Å². The number of benzene rings is 1. The van der Waals surface area contributed by atoms with Gasteiger partial charge in [0.15, 0.2) is 0 Å². The van der Waals surface area contributed by atoms with Crippen molar-refractivity contribution >= 4 is 24.8 Å². The standard InChI is InChI=1S/C6H5.C4H6.In/c1-2-4-6-5-3-1;1-3-4-2;/h1-5H;1,3H,2,4H2;. The third-order valence-corrected chi connectivity index (χ3v) is 10.6. The van der Waals surface area contributed by atoms with Crippen LogP contribution in [-0.4, -0.2) is 21.4 Å². The molecule has 0 amide bonds. The third kappa shape index (κ3) is 1.70. The summed E-state index contributed by atoms with van der Waals surface area (Å²) in [6, 6.07) is 11.0. The molecule has 0 nitrogen and oxygen atoms in total. The molecule has 11 heavy (non-hydrogen) atoms. The van der Waals surface area contributed by atoms with Gasteiger partial charge >= 0.3 is 75.6 Å². The van der Waals surface area contributed by atoms with E-state index in [9.17, 15) is 0 Å². The van der Waals surface area contributed by atoms with Crippen LogP contribution in [0.4, 0.5) is 0 Å². The van der Waals surface area contributed by atoms with E-state index in [1.54, 1.807) is 3.32 Å². The van der Waals surface area contributed by atoms with Crippen LogP contribution in [0.15, 0.2) is 40.2 Å². The zero-order valence-electron chi connectivity index (χ0n) is 6.53. The summed E-state index contributed by atoms with van der Waals surface area (Å²) in [4.78, 5) is 0. The number of rotatable bonds is 1. The van der Waals surface area contributed by atoms with E-state index in [-0.39, 0.29) is 0 Å². The molecule has 0 atom stereocenters. The third-order valence-electron chi connectivity index (χ3n) is 2.24. The molecule has 0 saturated heterocycles. The summed E-state index contributed by atoms with van der Waals surface area (Å²) < 4.78 is 5.70. The molecular formula is C10H11In. The van der Waals surface area contributed by atoms with Crippen LogP contribution in [0.25, 0.3) is 0 Å². The summed E-state index contributed by atoms with van der Waals surface area (Å²) >= 11 is -1.29. The quantitative estimate of drug-likeness (QED) is 0.709. The van der Waals surface area contributed by atoms with Crippen LogP contribution < -0.4 is 3.32 Å². The van der Waals surface area contributed by atoms with Crippen molar-refractivity contribution in [1.29, 1.82) is 0 Å². The van der Waals surface area contributed by atoms with Gasteiger partial charge in [0.05, 0.1) is 0 Å². The Hall–Kier alpha value is -0.170. The Labute approximate surface area is 75.5 Å². The molecule has 1 aliphatic heterocycles. The van der Waals surface area contributed by atoms with E-state index in [0.29, 0.717) is 0 Å². The first-order chi connectivity index (χ1) is 5.47. The summed E-state index contributed by atoms with van der Waals surface area (Å²) in [6.45, 7) is 0. The van der Waals surface area contributed by atoms with E-state index >= 15 is 0 Å². The van der Waals surface area contributed by atoms with Crippen molar-refractivity contribution in [2.75, 3.05) is 0 Å². The van der Waals surface area contributed by atoms with Crippen LogP contribution in [0, 0.1) is 0 Å². The zero-order valence-corrected chi connectivity index (χ0v) is 9.83. The molecular weight excluding hydrogens is 235 g/mol. The second-order valence-electron chi connectivity index (χ2n) is 3.02. The molecule has 0 bridgehead atoms. The average Bonchev–Trinajstić information content (AvgIpc) is 2.58. The van der Waals surface area contributed by atoms with Crippen molar-refractivity contribution in [2.24, 2.45) is 0 Å². The molecule has 54 valence electrons. The van der Waals surface area contributed by atoms with E-state index in [1.807, 2.05) is 0 Å². The van der Waals surface area contributed by atoms with Crippen molar-refractivity contribution in [3.05, 3.63) is 40.2 Å². The van der Waals surface area contributed by atoms with Gasteiger partial charge in [-0.1, -0.05) is 0 Å². The Balaban J connectivity index is 2.23. The zero-order chi connectivity index (χ0) is 7.52. The molecule has 0 radical (unpaired) electrons. The molecule has 2 rings (SSSR count). The maximum atomic E-state index is 2.52. The topological polar surface area (TPSA) is 0 Å². The molecule has 0 saturated carbocycles. The Morgan fingerprint density at radius 2 is 1.91 bits per heavy atom. The van der Waals surface area contributed by atoms with E-state index in [1.165, 1.54) is 10.6 Å². The van der Waals surface area contributed by atoms with E-state index < -0.39 is 21.4 Å². The molecule has 0 N–H and O–H groups in total. The van der Waals surface area contributed by atoms with Crippen molar-refractivity contribution in [2.45, 2.75) is 10.6 Å². The predicted molar refractivity (Wildman–Crippen MR) is 50.4 cm³/mol. The molecule has 0 aromatic heterocycles. The van der Waals surface area contributed by atoms with Crippen LogP contribution >= 0.6 is 0 Å². The average molecular weight is 246 g/mol. The molecule has 1 aromatic carbocycles. The van der Waals surface area contributed by atoms with Gasteiger partial charge in [-0.15, -0.1) is 0 Å². The predicted octanol–water partition coefficient (Wildman–Crippen LogP) is 1.89. The molecule has 0 fully saturated rings. The van der Waals surface area contributed by atoms with Crippen LogP contribution in [-0.2, 0) is 0 Å². The van der Waals surface area contributed by atoms with Gasteiger partial charge in [-0.05, 0) is 0 Å². The second kappa shape index (κ2) is 3.49. The fourth-order valence-electron chi connectivity index (χ4n) is 1.61. The number of hydrogen-bond donors (Lipinski definition) is 0. The summed E-state index contributed by atoms with van der Waals surface area (Å²) in [7, 11) is 0. The van der Waals surface area contributed by atoms with Crippen molar-refractivity contribution < 1.29 is 0 Å². The first-order valence-corrected chi connectivity index (χ1v) is 10.1. The van der Waals surface area contributed by atoms with Gasteiger partial charge in [0.25, 0.3) is 0 Å². The normalized spacial score (nSPS) is 15.8. The van der Waals surface area contributed by atoms with Gasteiger partial charge in [0, 0.05) is 0 Å². The SMILES string of the molecule is C1=[CH][In]([c]2ccccc2)[CH2]C1. The van der Waals surface area contributed by atoms with Crippen molar-refractivity contribution in [3.8, 4) is 0 Å². The molecule has 0 aliphatic carbocycles. The molecule has 0 unspecified atom stereocenters. The first-order valence-electron chi connectivity index (χ1n) is 4.18. The van der Waals surface area contributed by atoms with Crippen LogP contribution in [0.3, 0.4) is 0 Å². The first kappa shape index (κ1) is 7.48. The fourth-order valence-corrected chi connectivity index (χ4v) is 8.85. The van der Waals surface area contributed by atoms with Gasteiger partial charge in [-0.25, -0.2) is 0 Å². The van der Waals surface area contributed by atoms with Crippen molar-refractivity contribution in [3.63, 3.8) is 0 Å². The maximum absolute atomic E-state index is 2.52.